The van der Waals surface area contributed by atoms with E-state index < -0.39 is 40.6 Å². The van der Waals surface area contributed by atoms with Crippen LogP contribution in [0, 0.1) is 24.7 Å². The number of aliphatic hydroxyl groups excluding tert-OH is 2. The summed E-state index contributed by atoms with van der Waals surface area (Å²) in [6.45, 7) is 2.01. The Morgan fingerprint density at radius 3 is 2.40 bits per heavy atom. The molecule has 0 aromatic heterocycles. The van der Waals surface area contributed by atoms with Crippen LogP contribution in [0.25, 0.3) is 17.9 Å². The van der Waals surface area contributed by atoms with E-state index in [4.69, 9.17) is 5.73 Å². The summed E-state index contributed by atoms with van der Waals surface area (Å²) in [6, 6.07) is 11.2. The lowest BCUT2D eigenvalue weighted by Gasteiger charge is -2.41. The first-order valence-electron chi connectivity index (χ1n) is 11.5. The van der Waals surface area contributed by atoms with Crippen LogP contribution in [0.3, 0.4) is 0 Å². The monoisotopic (exact) mass is 471 g/mol. The Balaban J connectivity index is 1.59. The maximum Gasteiger partial charge on any atom is 0.255 e. The first-order chi connectivity index (χ1) is 16.7. The molecule has 7 nitrogen and oxygen atoms in total. The number of aromatic hydroxyl groups is 1. The van der Waals surface area contributed by atoms with Crippen LogP contribution in [0.15, 0.2) is 53.3 Å². The van der Waals surface area contributed by atoms with Crippen molar-refractivity contribution in [1.29, 1.82) is 0 Å². The molecule has 3 aliphatic rings. The van der Waals surface area contributed by atoms with E-state index in [9.17, 15) is 29.7 Å². The molecule has 2 aromatic carbocycles. The largest absolute Gasteiger partial charge is 0.511 e. The van der Waals surface area contributed by atoms with Crippen molar-refractivity contribution in [3.63, 3.8) is 0 Å². The zero-order valence-electron chi connectivity index (χ0n) is 19.1. The normalized spacial score (nSPS) is 23.9. The molecule has 5 rings (SSSR count). The SMILES string of the molecule is Cc1ccc(/C=C/c2ccc(O)c3c2C[C@H]2C[C@H]4CC(=O)C(C(N)=O)=C(O)C4C(=O)C2=C3O)cc1. The third kappa shape index (κ3) is 3.64. The summed E-state index contributed by atoms with van der Waals surface area (Å²) >= 11 is 0. The number of primary amides is 1. The Kier molecular flexibility index (Phi) is 5.35. The van der Waals surface area contributed by atoms with E-state index in [1.54, 1.807) is 6.07 Å². The van der Waals surface area contributed by atoms with Gasteiger partial charge in [0.25, 0.3) is 5.91 Å². The van der Waals surface area contributed by atoms with Gasteiger partial charge in [0, 0.05) is 12.0 Å². The van der Waals surface area contributed by atoms with Crippen molar-refractivity contribution in [2.24, 2.45) is 23.5 Å². The highest BCUT2D eigenvalue weighted by atomic mass is 16.3. The van der Waals surface area contributed by atoms with Crippen molar-refractivity contribution in [3.05, 3.63) is 81.1 Å². The maximum atomic E-state index is 13.5. The van der Waals surface area contributed by atoms with Crippen LogP contribution < -0.4 is 5.73 Å². The number of aliphatic hydroxyl groups is 2. The third-order valence-electron chi connectivity index (χ3n) is 7.34. The predicted octanol–water partition coefficient (Wildman–Crippen LogP) is 3.79. The fourth-order valence-corrected chi connectivity index (χ4v) is 5.68. The van der Waals surface area contributed by atoms with Crippen molar-refractivity contribution in [2.75, 3.05) is 0 Å². The number of carbonyl (C=O) groups excluding carboxylic acids is 3. The molecule has 2 aromatic rings. The maximum absolute atomic E-state index is 13.5. The average Bonchev–Trinajstić information content (AvgIpc) is 2.78. The quantitative estimate of drug-likeness (QED) is 0.397. The molecule has 0 radical (unpaired) electrons. The van der Waals surface area contributed by atoms with Crippen molar-refractivity contribution < 1.29 is 29.7 Å². The zero-order chi connectivity index (χ0) is 25.0. The number of amides is 1. The van der Waals surface area contributed by atoms with Gasteiger partial charge in [0.05, 0.1) is 11.5 Å². The zero-order valence-corrected chi connectivity index (χ0v) is 19.1. The summed E-state index contributed by atoms with van der Waals surface area (Å²) in [6.07, 6.45) is 4.53. The van der Waals surface area contributed by atoms with E-state index in [-0.39, 0.29) is 35.0 Å². The van der Waals surface area contributed by atoms with Gasteiger partial charge in [-0.1, -0.05) is 48.0 Å². The molecule has 0 aliphatic heterocycles. The Bertz CT molecular complexity index is 1380. The number of hydrogen-bond donors (Lipinski definition) is 4. The number of allylic oxidation sites excluding steroid dienone is 2. The lowest BCUT2D eigenvalue weighted by Crippen LogP contribution is -2.44. The molecule has 3 atom stereocenters. The second kappa shape index (κ2) is 8.27. The fraction of sp³-hybridized carbons (Fsp3) is 0.250. The van der Waals surface area contributed by atoms with Crippen LogP contribution in [-0.4, -0.2) is 32.8 Å². The molecule has 1 amide bonds. The molecule has 178 valence electrons. The van der Waals surface area contributed by atoms with Gasteiger partial charge in [0.2, 0.25) is 0 Å². The summed E-state index contributed by atoms with van der Waals surface area (Å²) in [5.74, 6) is -5.28. The molecule has 0 bridgehead atoms. The number of hydrogen-bond acceptors (Lipinski definition) is 6. The molecule has 7 heteroatoms. The molecule has 0 heterocycles. The van der Waals surface area contributed by atoms with Gasteiger partial charge in [0.1, 0.15) is 22.8 Å². The number of rotatable bonds is 3. The van der Waals surface area contributed by atoms with Crippen LogP contribution in [0.2, 0.25) is 0 Å². The summed E-state index contributed by atoms with van der Waals surface area (Å²) in [7, 11) is 0. The minimum atomic E-state index is -1.11. The van der Waals surface area contributed by atoms with E-state index in [1.165, 1.54) is 6.07 Å². The fourth-order valence-electron chi connectivity index (χ4n) is 5.68. The lowest BCUT2D eigenvalue weighted by atomic mass is 9.61. The van der Waals surface area contributed by atoms with Gasteiger partial charge in [0.15, 0.2) is 11.6 Å². The van der Waals surface area contributed by atoms with Gasteiger partial charge in [-0.05, 0) is 54.4 Å². The summed E-state index contributed by atoms with van der Waals surface area (Å²) in [4.78, 5) is 37.6. The van der Waals surface area contributed by atoms with Gasteiger partial charge >= 0.3 is 0 Å². The number of nitrogens with two attached hydrogens (primary N) is 1. The average molecular weight is 472 g/mol. The molecule has 1 unspecified atom stereocenters. The van der Waals surface area contributed by atoms with Crippen LogP contribution in [0.1, 0.15) is 40.7 Å². The van der Waals surface area contributed by atoms with Crippen molar-refractivity contribution in [3.8, 4) is 5.75 Å². The molecule has 0 spiro atoms. The van der Waals surface area contributed by atoms with Gasteiger partial charge in [-0.25, -0.2) is 0 Å². The molecule has 0 saturated heterocycles. The van der Waals surface area contributed by atoms with Crippen LogP contribution >= 0.6 is 0 Å². The highest BCUT2D eigenvalue weighted by molar-refractivity contribution is 6.21. The molecule has 3 aliphatic carbocycles. The molecular formula is C28H25NO6. The molecular weight excluding hydrogens is 446 g/mol. The number of benzene rings is 2. The van der Waals surface area contributed by atoms with Crippen LogP contribution in [-0.2, 0) is 20.8 Å². The van der Waals surface area contributed by atoms with Crippen molar-refractivity contribution in [1.82, 2.24) is 0 Å². The van der Waals surface area contributed by atoms with E-state index in [1.807, 2.05) is 43.3 Å². The number of fused-ring (bicyclic) bond motifs is 3. The lowest BCUT2D eigenvalue weighted by molar-refractivity contribution is -0.127. The van der Waals surface area contributed by atoms with Gasteiger partial charge in [-0.3, -0.25) is 14.4 Å². The number of Topliss-reactive ketones (excluding diaryl/α,β-unsaturated/α-hetero) is 2. The smallest absolute Gasteiger partial charge is 0.255 e. The number of phenolic OH excluding ortho intramolecular Hbond substituents is 1. The Morgan fingerprint density at radius 2 is 1.71 bits per heavy atom. The standard InChI is InChI=1S/C28H25NO6/c1-13-2-4-14(5-3-13)6-7-15-8-9-19(30)23-18(15)11-16-10-17-12-20(31)24(28(29)35)27(34)22(17)25(32)21(16)26(23)33/h2-9,16-17,22,30,33-34H,10-12H2,1H3,(H2,29,35)/b7-6+/t16-,17+,22?/m1/s1. The Morgan fingerprint density at radius 1 is 1.00 bits per heavy atom. The number of phenols is 1. The summed E-state index contributed by atoms with van der Waals surface area (Å²) in [5, 5.41) is 32.4. The second-order valence-electron chi connectivity index (χ2n) is 9.52. The van der Waals surface area contributed by atoms with Crippen LogP contribution in [0.4, 0.5) is 0 Å². The second-order valence-corrected chi connectivity index (χ2v) is 9.52. The highest BCUT2D eigenvalue weighted by Crippen LogP contribution is 2.50. The predicted molar refractivity (Wildman–Crippen MR) is 130 cm³/mol. The number of ketones is 2. The van der Waals surface area contributed by atoms with Crippen LogP contribution in [0.5, 0.6) is 5.75 Å². The highest BCUT2D eigenvalue weighted by Gasteiger charge is 2.50. The molecule has 1 fully saturated rings. The minimum absolute atomic E-state index is 0.0731. The number of aryl methyl sites for hydroxylation is 1. The number of carbonyl (C=O) groups is 3. The summed E-state index contributed by atoms with van der Waals surface area (Å²) in [5.41, 5.74) is 8.69. The van der Waals surface area contributed by atoms with E-state index in [0.29, 0.717) is 18.4 Å². The molecule has 1 saturated carbocycles. The first kappa shape index (κ1) is 22.7. The van der Waals surface area contributed by atoms with Crippen molar-refractivity contribution >= 4 is 35.4 Å². The topological polar surface area (TPSA) is 138 Å². The summed E-state index contributed by atoms with van der Waals surface area (Å²) < 4.78 is 0. The van der Waals surface area contributed by atoms with E-state index >= 15 is 0 Å². The molecule has 35 heavy (non-hydrogen) atoms. The minimum Gasteiger partial charge on any atom is -0.511 e. The Hall–Kier alpha value is -4.13. The Labute approximate surface area is 201 Å². The van der Waals surface area contributed by atoms with Gasteiger partial charge < -0.3 is 21.1 Å². The molecule has 5 N–H and O–H groups in total. The van der Waals surface area contributed by atoms with E-state index in [2.05, 4.69) is 0 Å². The van der Waals surface area contributed by atoms with Gasteiger partial charge in [-0.2, -0.15) is 0 Å². The third-order valence-corrected chi connectivity index (χ3v) is 7.34. The van der Waals surface area contributed by atoms with E-state index in [0.717, 1.165) is 16.7 Å². The van der Waals surface area contributed by atoms with Gasteiger partial charge in [-0.15, -0.1) is 0 Å². The van der Waals surface area contributed by atoms with Crippen molar-refractivity contribution in [2.45, 2.75) is 26.2 Å². The first-order valence-corrected chi connectivity index (χ1v) is 11.5.